The van der Waals surface area contributed by atoms with E-state index in [-0.39, 0.29) is 4.90 Å². The Morgan fingerprint density at radius 1 is 1.44 bits per heavy atom. The molecule has 0 heterocycles. The highest BCUT2D eigenvalue weighted by Gasteiger charge is 2.40. The first-order valence-electron chi connectivity index (χ1n) is 5.54. The minimum absolute atomic E-state index is 0.152. The Labute approximate surface area is 115 Å². The minimum Gasteiger partial charge on any atom is -0.494 e. The van der Waals surface area contributed by atoms with Crippen molar-refractivity contribution in [1.29, 1.82) is 0 Å². The smallest absolute Gasteiger partial charge is 0.179 e. The third kappa shape index (κ3) is 2.87. The van der Waals surface area contributed by atoms with E-state index in [4.69, 9.17) is 4.74 Å². The Bertz CT molecular complexity index is 576. The number of hydrogen-bond acceptors (Lipinski definition) is 4. The summed E-state index contributed by atoms with van der Waals surface area (Å²) in [6.45, 7) is 0. The number of aliphatic hydroxyl groups is 1. The van der Waals surface area contributed by atoms with Crippen molar-refractivity contribution in [1.82, 2.24) is 0 Å². The monoisotopic (exact) mass is 334 g/mol. The predicted octanol–water partition coefficient (Wildman–Crippen LogP) is 1.93. The Morgan fingerprint density at radius 2 is 2.06 bits per heavy atom. The fourth-order valence-corrected chi connectivity index (χ4v) is 3.59. The topological polar surface area (TPSA) is 63.6 Å². The molecule has 18 heavy (non-hydrogen) atoms. The Kier molecular flexibility index (Phi) is 3.46. The SMILES string of the molecule is COc1c(Br)cc(CC2(O)CC2)cc1S(C)(=O)=O. The zero-order valence-electron chi connectivity index (χ0n) is 10.2. The zero-order valence-corrected chi connectivity index (χ0v) is 12.6. The van der Waals surface area contributed by atoms with Crippen LogP contribution in [-0.4, -0.2) is 32.5 Å². The average molecular weight is 335 g/mol. The lowest BCUT2D eigenvalue weighted by Crippen LogP contribution is -2.12. The van der Waals surface area contributed by atoms with E-state index in [1.807, 2.05) is 0 Å². The molecular formula is C12H15BrO4S. The molecule has 0 radical (unpaired) electrons. The van der Waals surface area contributed by atoms with Gasteiger partial charge in [-0.25, -0.2) is 8.42 Å². The van der Waals surface area contributed by atoms with Gasteiger partial charge in [-0.3, -0.25) is 0 Å². The molecule has 0 unspecified atom stereocenters. The quantitative estimate of drug-likeness (QED) is 0.913. The Hall–Kier alpha value is -0.590. The van der Waals surface area contributed by atoms with Crippen molar-refractivity contribution in [2.45, 2.75) is 29.8 Å². The molecule has 1 fully saturated rings. The first-order valence-corrected chi connectivity index (χ1v) is 8.22. The van der Waals surface area contributed by atoms with E-state index in [2.05, 4.69) is 15.9 Å². The van der Waals surface area contributed by atoms with Gasteiger partial charge in [0.1, 0.15) is 4.90 Å². The molecule has 4 nitrogen and oxygen atoms in total. The van der Waals surface area contributed by atoms with Crippen LogP contribution in [-0.2, 0) is 16.3 Å². The molecule has 1 aliphatic rings. The van der Waals surface area contributed by atoms with Gasteiger partial charge in [0, 0.05) is 12.7 Å². The van der Waals surface area contributed by atoms with E-state index in [1.165, 1.54) is 7.11 Å². The average Bonchev–Trinajstić information content (AvgIpc) is 2.94. The number of sulfone groups is 1. The minimum atomic E-state index is -3.36. The molecule has 0 atom stereocenters. The normalized spacial score (nSPS) is 17.6. The van der Waals surface area contributed by atoms with Crippen LogP contribution in [0.3, 0.4) is 0 Å². The van der Waals surface area contributed by atoms with Crippen LogP contribution in [0.25, 0.3) is 0 Å². The lowest BCUT2D eigenvalue weighted by Gasteiger charge is -2.13. The second-order valence-corrected chi connectivity index (χ2v) is 7.62. The number of methoxy groups -OCH3 is 1. The molecule has 0 aliphatic heterocycles. The molecule has 1 N–H and O–H groups in total. The third-order valence-corrected chi connectivity index (χ3v) is 4.72. The Balaban J connectivity index is 2.49. The maximum Gasteiger partial charge on any atom is 0.179 e. The number of rotatable bonds is 4. The summed E-state index contributed by atoms with van der Waals surface area (Å²) in [7, 11) is -1.93. The van der Waals surface area contributed by atoms with Crippen molar-refractivity contribution in [2.24, 2.45) is 0 Å². The van der Waals surface area contributed by atoms with Gasteiger partial charge in [0.2, 0.25) is 0 Å². The summed E-state index contributed by atoms with van der Waals surface area (Å²) in [5, 5.41) is 9.90. The highest BCUT2D eigenvalue weighted by molar-refractivity contribution is 9.10. The van der Waals surface area contributed by atoms with Gasteiger partial charge in [-0.15, -0.1) is 0 Å². The van der Waals surface area contributed by atoms with Crippen LogP contribution in [0.5, 0.6) is 5.75 Å². The first-order chi connectivity index (χ1) is 8.25. The second-order valence-electron chi connectivity index (χ2n) is 4.78. The molecule has 1 aromatic carbocycles. The highest BCUT2D eigenvalue weighted by Crippen LogP contribution is 2.41. The molecule has 0 amide bonds. The molecule has 100 valence electrons. The highest BCUT2D eigenvalue weighted by atomic mass is 79.9. The van der Waals surface area contributed by atoms with Crippen LogP contribution in [0.15, 0.2) is 21.5 Å². The summed E-state index contributed by atoms with van der Waals surface area (Å²) < 4.78 is 29.2. The molecule has 1 aromatic rings. The molecule has 6 heteroatoms. The molecule has 0 spiro atoms. The van der Waals surface area contributed by atoms with Gasteiger partial charge in [0.15, 0.2) is 15.6 Å². The number of ether oxygens (including phenoxy) is 1. The first kappa shape index (κ1) is 13.8. The molecule has 0 saturated heterocycles. The predicted molar refractivity (Wildman–Crippen MR) is 71.7 cm³/mol. The largest absolute Gasteiger partial charge is 0.494 e. The van der Waals surface area contributed by atoms with Crippen LogP contribution < -0.4 is 4.74 Å². The van der Waals surface area contributed by atoms with Crippen LogP contribution in [0.2, 0.25) is 0 Å². The van der Waals surface area contributed by atoms with Gasteiger partial charge in [0.05, 0.1) is 17.2 Å². The van der Waals surface area contributed by atoms with Crippen molar-refractivity contribution in [3.63, 3.8) is 0 Å². The van der Waals surface area contributed by atoms with Gasteiger partial charge in [-0.2, -0.15) is 0 Å². The standard InChI is InChI=1S/C12H15BrO4S/c1-17-11-9(13)5-8(7-12(14)3-4-12)6-10(11)18(2,15)16/h5-6,14H,3-4,7H2,1-2H3. The van der Waals surface area contributed by atoms with Crippen molar-refractivity contribution in [3.05, 3.63) is 22.2 Å². The van der Waals surface area contributed by atoms with E-state index >= 15 is 0 Å². The molecular weight excluding hydrogens is 320 g/mol. The summed E-state index contributed by atoms with van der Waals surface area (Å²) in [5.74, 6) is 0.309. The Morgan fingerprint density at radius 3 is 2.50 bits per heavy atom. The maximum atomic E-state index is 11.7. The summed E-state index contributed by atoms with van der Waals surface area (Å²) in [6, 6.07) is 3.37. The summed E-state index contributed by atoms with van der Waals surface area (Å²) in [5.41, 5.74) is 0.145. The van der Waals surface area contributed by atoms with Gasteiger partial charge in [-0.05, 0) is 46.5 Å². The van der Waals surface area contributed by atoms with E-state index in [9.17, 15) is 13.5 Å². The van der Waals surface area contributed by atoms with Gasteiger partial charge < -0.3 is 9.84 Å². The summed E-state index contributed by atoms with van der Waals surface area (Å²) in [4.78, 5) is 0.152. The zero-order chi connectivity index (χ0) is 13.6. The maximum absolute atomic E-state index is 11.7. The molecule has 2 rings (SSSR count). The van der Waals surface area contributed by atoms with Crippen molar-refractivity contribution < 1.29 is 18.3 Å². The second kappa shape index (κ2) is 4.51. The molecule has 1 aliphatic carbocycles. The molecule has 0 bridgehead atoms. The third-order valence-electron chi connectivity index (χ3n) is 3.03. The van der Waals surface area contributed by atoms with E-state index in [0.717, 1.165) is 24.7 Å². The number of hydrogen-bond donors (Lipinski definition) is 1. The van der Waals surface area contributed by atoms with Crippen molar-refractivity contribution in [3.8, 4) is 5.75 Å². The lowest BCUT2D eigenvalue weighted by atomic mass is 10.1. The number of halogens is 1. The van der Waals surface area contributed by atoms with E-state index in [1.54, 1.807) is 12.1 Å². The van der Waals surface area contributed by atoms with Crippen LogP contribution in [0.1, 0.15) is 18.4 Å². The molecule has 0 aromatic heterocycles. The molecule has 1 saturated carbocycles. The summed E-state index contributed by atoms with van der Waals surface area (Å²) in [6.07, 6.45) is 3.15. The van der Waals surface area contributed by atoms with Crippen LogP contribution in [0, 0.1) is 0 Å². The van der Waals surface area contributed by atoms with E-state index < -0.39 is 15.4 Å². The van der Waals surface area contributed by atoms with Gasteiger partial charge in [0.25, 0.3) is 0 Å². The van der Waals surface area contributed by atoms with Crippen molar-refractivity contribution in [2.75, 3.05) is 13.4 Å². The van der Waals surface area contributed by atoms with Crippen LogP contribution >= 0.6 is 15.9 Å². The summed E-state index contributed by atoms with van der Waals surface area (Å²) >= 11 is 3.31. The lowest BCUT2D eigenvalue weighted by molar-refractivity contribution is 0.151. The van der Waals surface area contributed by atoms with Crippen molar-refractivity contribution >= 4 is 25.8 Å². The van der Waals surface area contributed by atoms with E-state index in [0.29, 0.717) is 16.6 Å². The number of benzene rings is 1. The fourth-order valence-electron chi connectivity index (χ4n) is 1.90. The van der Waals surface area contributed by atoms with Crippen LogP contribution in [0.4, 0.5) is 0 Å². The van der Waals surface area contributed by atoms with Gasteiger partial charge >= 0.3 is 0 Å². The van der Waals surface area contributed by atoms with Gasteiger partial charge in [-0.1, -0.05) is 0 Å². The fraction of sp³-hybridized carbons (Fsp3) is 0.500.